The van der Waals surface area contributed by atoms with Gasteiger partial charge in [-0.1, -0.05) is 28.1 Å². The van der Waals surface area contributed by atoms with E-state index in [1.165, 1.54) is 0 Å². The van der Waals surface area contributed by atoms with Crippen molar-refractivity contribution in [2.45, 2.75) is 6.61 Å². The minimum Gasteiger partial charge on any atom is -0.497 e. The molecule has 2 aromatic rings. The molecule has 0 radical (unpaired) electrons. The smallest absolute Gasteiger partial charge is 0.119 e. The predicted octanol–water partition coefficient (Wildman–Crippen LogP) is 4.05. The van der Waals surface area contributed by atoms with Crippen LogP contribution in [0.3, 0.4) is 0 Å². The molecule has 2 rings (SSSR count). The van der Waals surface area contributed by atoms with Gasteiger partial charge in [-0.25, -0.2) is 0 Å². The van der Waals surface area contributed by atoms with Crippen molar-refractivity contribution < 1.29 is 14.2 Å². The molecule has 20 heavy (non-hydrogen) atoms. The summed E-state index contributed by atoms with van der Waals surface area (Å²) in [7, 11) is 1.66. The lowest BCUT2D eigenvalue weighted by molar-refractivity contribution is 0.0888. The molecule has 0 amide bonds. The van der Waals surface area contributed by atoms with Gasteiger partial charge in [-0.2, -0.15) is 0 Å². The molecule has 0 spiro atoms. The zero-order valence-electron chi connectivity index (χ0n) is 11.3. The number of halogens is 1. The zero-order valence-corrected chi connectivity index (χ0v) is 12.9. The van der Waals surface area contributed by atoms with Gasteiger partial charge >= 0.3 is 0 Å². The van der Waals surface area contributed by atoms with Crippen LogP contribution in [-0.2, 0) is 11.3 Å². The average Bonchev–Trinajstić information content (AvgIpc) is 2.49. The summed E-state index contributed by atoms with van der Waals surface area (Å²) in [5.74, 6) is 1.69. The van der Waals surface area contributed by atoms with Gasteiger partial charge in [-0.3, -0.25) is 0 Å². The molecule has 0 saturated carbocycles. The van der Waals surface area contributed by atoms with Crippen LogP contribution in [0.25, 0.3) is 0 Å². The molecule has 0 fully saturated rings. The minimum absolute atomic E-state index is 0.533. The fourth-order valence-corrected chi connectivity index (χ4v) is 1.97. The molecule has 0 heterocycles. The van der Waals surface area contributed by atoms with Crippen molar-refractivity contribution in [3.63, 3.8) is 0 Å². The maximum atomic E-state index is 5.57. The maximum absolute atomic E-state index is 5.57. The molecule has 0 aliphatic carbocycles. The third-order valence-corrected chi connectivity index (χ3v) is 3.24. The molecular weight excluding hydrogens is 320 g/mol. The Kier molecular flexibility index (Phi) is 5.89. The van der Waals surface area contributed by atoms with Gasteiger partial charge in [0.25, 0.3) is 0 Å². The normalized spacial score (nSPS) is 10.3. The lowest BCUT2D eigenvalue weighted by Gasteiger charge is -2.08. The summed E-state index contributed by atoms with van der Waals surface area (Å²) in [6.07, 6.45) is 0. The van der Waals surface area contributed by atoms with Crippen LogP contribution in [0.5, 0.6) is 11.5 Å². The van der Waals surface area contributed by atoms with E-state index in [1.807, 2.05) is 48.5 Å². The van der Waals surface area contributed by atoms with Crippen molar-refractivity contribution >= 4 is 15.9 Å². The van der Waals surface area contributed by atoms with Crippen molar-refractivity contribution in [2.24, 2.45) is 0 Å². The Morgan fingerprint density at radius 1 is 0.950 bits per heavy atom. The third kappa shape index (κ3) is 4.87. The molecule has 106 valence electrons. The van der Waals surface area contributed by atoms with E-state index >= 15 is 0 Å². The average molecular weight is 337 g/mol. The van der Waals surface area contributed by atoms with Crippen LogP contribution < -0.4 is 9.47 Å². The van der Waals surface area contributed by atoms with Gasteiger partial charge in [0, 0.05) is 4.47 Å². The summed E-state index contributed by atoms with van der Waals surface area (Å²) in [6.45, 7) is 1.64. The molecule has 0 unspecified atom stereocenters. The van der Waals surface area contributed by atoms with Crippen LogP contribution in [0.4, 0.5) is 0 Å². The first-order valence-corrected chi connectivity index (χ1v) is 7.16. The Balaban J connectivity index is 1.67. The Labute approximate surface area is 127 Å². The first-order chi connectivity index (χ1) is 9.78. The monoisotopic (exact) mass is 336 g/mol. The van der Waals surface area contributed by atoms with Gasteiger partial charge in [0.05, 0.1) is 20.3 Å². The van der Waals surface area contributed by atoms with E-state index in [0.29, 0.717) is 19.8 Å². The van der Waals surface area contributed by atoms with Crippen LogP contribution in [0, 0.1) is 0 Å². The highest BCUT2D eigenvalue weighted by molar-refractivity contribution is 9.10. The highest BCUT2D eigenvalue weighted by Gasteiger charge is 1.97. The van der Waals surface area contributed by atoms with Crippen molar-refractivity contribution in [1.29, 1.82) is 0 Å². The van der Waals surface area contributed by atoms with Crippen molar-refractivity contribution in [3.8, 4) is 11.5 Å². The van der Waals surface area contributed by atoms with Gasteiger partial charge in [0.15, 0.2) is 0 Å². The van der Waals surface area contributed by atoms with Crippen molar-refractivity contribution in [2.75, 3.05) is 20.3 Å². The lowest BCUT2D eigenvalue weighted by Crippen LogP contribution is -2.06. The minimum atomic E-state index is 0.533. The van der Waals surface area contributed by atoms with E-state index in [1.54, 1.807) is 7.11 Å². The summed E-state index contributed by atoms with van der Waals surface area (Å²) < 4.78 is 17.4. The molecule has 0 atom stereocenters. The number of benzene rings is 2. The summed E-state index contributed by atoms with van der Waals surface area (Å²) in [5.41, 5.74) is 1.09. The van der Waals surface area contributed by atoms with Gasteiger partial charge in [-0.15, -0.1) is 0 Å². The molecule has 0 saturated heterocycles. The molecule has 0 aromatic heterocycles. The van der Waals surface area contributed by atoms with E-state index in [9.17, 15) is 0 Å². The van der Waals surface area contributed by atoms with E-state index < -0.39 is 0 Å². The van der Waals surface area contributed by atoms with Crippen LogP contribution in [0.1, 0.15) is 5.56 Å². The fourth-order valence-electron chi connectivity index (χ4n) is 1.70. The summed E-state index contributed by atoms with van der Waals surface area (Å²) in [6, 6.07) is 15.6. The van der Waals surface area contributed by atoms with Crippen LogP contribution in [0.15, 0.2) is 53.0 Å². The number of ether oxygens (including phenoxy) is 3. The Morgan fingerprint density at radius 3 is 2.50 bits per heavy atom. The Bertz CT molecular complexity index is 526. The van der Waals surface area contributed by atoms with E-state index in [4.69, 9.17) is 14.2 Å². The van der Waals surface area contributed by atoms with E-state index in [0.717, 1.165) is 21.5 Å². The first-order valence-electron chi connectivity index (χ1n) is 6.37. The second-order valence-electron chi connectivity index (χ2n) is 4.21. The summed E-state index contributed by atoms with van der Waals surface area (Å²) in [5, 5.41) is 0. The molecule has 0 N–H and O–H groups in total. The van der Waals surface area contributed by atoms with E-state index in [2.05, 4.69) is 15.9 Å². The molecule has 3 nitrogen and oxygen atoms in total. The van der Waals surface area contributed by atoms with Crippen LogP contribution in [0.2, 0.25) is 0 Å². The lowest BCUT2D eigenvalue weighted by atomic mass is 10.2. The molecule has 0 aliphatic heterocycles. The van der Waals surface area contributed by atoms with Gasteiger partial charge in [-0.05, 0) is 42.0 Å². The standard InChI is InChI=1S/C16H17BrO3/c1-18-16-4-2-3-13(11-16)12-19-9-10-20-15-7-5-14(17)6-8-15/h2-8,11H,9-10,12H2,1H3. The highest BCUT2D eigenvalue weighted by Crippen LogP contribution is 2.16. The molecule has 0 bridgehead atoms. The molecule has 0 aliphatic rings. The predicted molar refractivity (Wildman–Crippen MR) is 82.3 cm³/mol. The number of methoxy groups -OCH3 is 1. The molecule has 4 heteroatoms. The quantitative estimate of drug-likeness (QED) is 0.714. The number of hydrogen-bond donors (Lipinski definition) is 0. The van der Waals surface area contributed by atoms with Gasteiger partial charge in [0.1, 0.15) is 18.1 Å². The van der Waals surface area contributed by atoms with Gasteiger partial charge < -0.3 is 14.2 Å². The summed E-state index contributed by atoms with van der Waals surface area (Å²) in [4.78, 5) is 0. The largest absolute Gasteiger partial charge is 0.497 e. The van der Waals surface area contributed by atoms with Crippen LogP contribution >= 0.6 is 15.9 Å². The van der Waals surface area contributed by atoms with Crippen molar-refractivity contribution in [1.82, 2.24) is 0 Å². The van der Waals surface area contributed by atoms with Gasteiger partial charge in [0.2, 0.25) is 0 Å². The third-order valence-electron chi connectivity index (χ3n) is 2.71. The second kappa shape index (κ2) is 7.92. The molecule has 2 aromatic carbocycles. The SMILES string of the molecule is COc1cccc(COCCOc2ccc(Br)cc2)c1. The zero-order chi connectivity index (χ0) is 14.2. The maximum Gasteiger partial charge on any atom is 0.119 e. The first kappa shape index (κ1) is 14.9. The second-order valence-corrected chi connectivity index (χ2v) is 5.12. The Hall–Kier alpha value is -1.52. The number of hydrogen-bond acceptors (Lipinski definition) is 3. The fraction of sp³-hybridized carbons (Fsp3) is 0.250. The van der Waals surface area contributed by atoms with Crippen molar-refractivity contribution in [3.05, 3.63) is 58.6 Å². The topological polar surface area (TPSA) is 27.7 Å². The van der Waals surface area contributed by atoms with E-state index in [-0.39, 0.29) is 0 Å². The molecular formula is C16H17BrO3. The summed E-state index contributed by atoms with van der Waals surface area (Å²) >= 11 is 3.39. The Morgan fingerprint density at radius 2 is 1.75 bits per heavy atom. The highest BCUT2D eigenvalue weighted by atomic mass is 79.9. The van der Waals surface area contributed by atoms with Crippen LogP contribution in [-0.4, -0.2) is 20.3 Å². The number of rotatable bonds is 7.